The molecule has 4 rings (SSSR count). The highest BCUT2D eigenvalue weighted by Gasteiger charge is 2.23. The van der Waals surface area contributed by atoms with Crippen LogP contribution in [0.2, 0.25) is 5.02 Å². The van der Waals surface area contributed by atoms with E-state index >= 15 is 0 Å². The second-order valence-corrected chi connectivity index (χ2v) is 7.34. The summed E-state index contributed by atoms with van der Waals surface area (Å²) < 4.78 is 24.1. The van der Waals surface area contributed by atoms with Gasteiger partial charge in [0.1, 0.15) is 11.6 Å². The van der Waals surface area contributed by atoms with Crippen LogP contribution >= 0.6 is 11.6 Å². The minimum Gasteiger partial charge on any atom is -0.484 e. The quantitative estimate of drug-likeness (QED) is 0.597. The Hall–Kier alpha value is -2.97. The van der Waals surface area contributed by atoms with Gasteiger partial charge in [-0.3, -0.25) is 9.69 Å². The van der Waals surface area contributed by atoms with Gasteiger partial charge in [-0.1, -0.05) is 11.6 Å². The summed E-state index contributed by atoms with van der Waals surface area (Å²) in [7, 11) is 0. The average molecular weight is 431 g/mol. The molecule has 1 aliphatic rings. The zero-order valence-electron chi connectivity index (χ0n) is 16.1. The molecule has 2 aromatic carbocycles. The number of amides is 1. The molecule has 1 amide bonds. The van der Waals surface area contributed by atoms with Crippen LogP contribution < -0.4 is 4.74 Å². The second kappa shape index (κ2) is 9.23. The molecule has 0 N–H and O–H groups in total. The van der Waals surface area contributed by atoms with E-state index in [4.69, 9.17) is 20.8 Å². The van der Waals surface area contributed by atoms with Gasteiger partial charge in [-0.2, -0.15) is 0 Å². The number of halogens is 2. The molecule has 7 nitrogen and oxygen atoms in total. The molecule has 0 radical (unpaired) electrons. The summed E-state index contributed by atoms with van der Waals surface area (Å²) in [5.74, 6) is 1.01. The van der Waals surface area contributed by atoms with Gasteiger partial charge in [-0.25, -0.2) is 4.39 Å². The molecule has 0 unspecified atom stereocenters. The van der Waals surface area contributed by atoms with Crippen molar-refractivity contribution >= 4 is 17.5 Å². The van der Waals surface area contributed by atoms with Crippen molar-refractivity contribution in [1.29, 1.82) is 0 Å². The molecule has 30 heavy (non-hydrogen) atoms. The molecule has 0 saturated carbocycles. The summed E-state index contributed by atoms with van der Waals surface area (Å²) >= 11 is 5.90. The van der Waals surface area contributed by atoms with Crippen molar-refractivity contribution < 1.29 is 18.3 Å². The molecular formula is C21H20ClFN4O3. The lowest BCUT2D eigenvalue weighted by Crippen LogP contribution is -2.49. The Kier molecular flexibility index (Phi) is 6.25. The molecule has 1 saturated heterocycles. The molecule has 9 heteroatoms. The molecule has 2 heterocycles. The molecule has 1 aromatic heterocycles. The van der Waals surface area contributed by atoms with Crippen molar-refractivity contribution in [3.05, 3.63) is 65.3 Å². The Bertz CT molecular complexity index is 986. The van der Waals surface area contributed by atoms with E-state index in [9.17, 15) is 9.18 Å². The third kappa shape index (κ3) is 5.14. The topological polar surface area (TPSA) is 71.7 Å². The second-order valence-electron chi connectivity index (χ2n) is 6.91. The highest BCUT2D eigenvalue weighted by molar-refractivity contribution is 6.30. The lowest BCUT2D eigenvalue weighted by Gasteiger charge is -2.33. The smallest absolute Gasteiger partial charge is 0.260 e. The third-order valence-electron chi connectivity index (χ3n) is 4.82. The highest BCUT2D eigenvalue weighted by Crippen LogP contribution is 2.21. The SMILES string of the molecule is O=C(COc1ccc(F)cc1)N1CCN(Cc2nnc(-c3ccc(Cl)cc3)o2)CC1. The molecule has 0 bridgehead atoms. The minimum atomic E-state index is -0.341. The summed E-state index contributed by atoms with van der Waals surface area (Å²) in [6.07, 6.45) is 0. The van der Waals surface area contributed by atoms with Gasteiger partial charge < -0.3 is 14.1 Å². The zero-order valence-corrected chi connectivity index (χ0v) is 16.9. The fourth-order valence-electron chi connectivity index (χ4n) is 3.14. The maximum atomic E-state index is 12.9. The van der Waals surface area contributed by atoms with Crippen LogP contribution in [0, 0.1) is 5.82 Å². The number of benzene rings is 2. The van der Waals surface area contributed by atoms with Crippen LogP contribution in [0.4, 0.5) is 4.39 Å². The Labute approximate surface area is 178 Å². The first-order valence-electron chi connectivity index (χ1n) is 9.53. The van der Waals surface area contributed by atoms with E-state index in [2.05, 4.69) is 15.1 Å². The fraction of sp³-hybridized carbons (Fsp3) is 0.286. The van der Waals surface area contributed by atoms with Crippen LogP contribution in [-0.2, 0) is 11.3 Å². The predicted molar refractivity (Wildman–Crippen MR) is 108 cm³/mol. The van der Waals surface area contributed by atoms with Crippen LogP contribution in [0.15, 0.2) is 52.9 Å². The van der Waals surface area contributed by atoms with Crippen molar-refractivity contribution in [1.82, 2.24) is 20.0 Å². The van der Waals surface area contributed by atoms with E-state index < -0.39 is 0 Å². The van der Waals surface area contributed by atoms with E-state index in [1.807, 2.05) is 12.1 Å². The van der Waals surface area contributed by atoms with Gasteiger partial charge in [-0.05, 0) is 48.5 Å². The Morgan fingerprint density at radius 2 is 1.73 bits per heavy atom. The number of hydrogen-bond acceptors (Lipinski definition) is 6. The highest BCUT2D eigenvalue weighted by atomic mass is 35.5. The number of aromatic nitrogens is 2. The van der Waals surface area contributed by atoms with Crippen molar-refractivity contribution in [2.45, 2.75) is 6.54 Å². The van der Waals surface area contributed by atoms with Gasteiger partial charge in [0.25, 0.3) is 5.91 Å². The molecule has 0 atom stereocenters. The maximum Gasteiger partial charge on any atom is 0.260 e. The number of carbonyl (C=O) groups is 1. The lowest BCUT2D eigenvalue weighted by atomic mass is 10.2. The zero-order chi connectivity index (χ0) is 20.9. The molecule has 0 spiro atoms. The van der Waals surface area contributed by atoms with Crippen molar-refractivity contribution in [2.75, 3.05) is 32.8 Å². The number of piperazine rings is 1. The average Bonchev–Trinajstić information content (AvgIpc) is 3.22. The summed E-state index contributed by atoms with van der Waals surface area (Å²) in [6, 6.07) is 12.8. The Morgan fingerprint density at radius 3 is 2.43 bits per heavy atom. The Morgan fingerprint density at radius 1 is 1.03 bits per heavy atom. The van der Waals surface area contributed by atoms with E-state index in [0.29, 0.717) is 55.3 Å². The van der Waals surface area contributed by atoms with E-state index in [1.165, 1.54) is 24.3 Å². The van der Waals surface area contributed by atoms with Gasteiger partial charge >= 0.3 is 0 Å². The third-order valence-corrected chi connectivity index (χ3v) is 5.07. The van der Waals surface area contributed by atoms with Crippen LogP contribution in [0.1, 0.15) is 5.89 Å². The van der Waals surface area contributed by atoms with Gasteiger partial charge in [0.15, 0.2) is 6.61 Å². The van der Waals surface area contributed by atoms with Gasteiger partial charge in [0.05, 0.1) is 6.54 Å². The minimum absolute atomic E-state index is 0.0697. The standard InChI is InChI=1S/C21H20ClFN4O3/c22-16-3-1-15(2-4-16)21-25-24-19(30-21)13-26-9-11-27(12-10-26)20(28)14-29-18-7-5-17(23)6-8-18/h1-8H,9-14H2. The molecule has 3 aromatic rings. The van der Waals surface area contributed by atoms with Gasteiger partial charge in [0.2, 0.25) is 11.8 Å². The van der Waals surface area contributed by atoms with Gasteiger partial charge in [0, 0.05) is 36.8 Å². The molecule has 156 valence electrons. The number of nitrogens with zero attached hydrogens (tertiary/aromatic N) is 4. The van der Waals surface area contributed by atoms with Crippen LogP contribution in [0.5, 0.6) is 5.75 Å². The first-order valence-corrected chi connectivity index (χ1v) is 9.91. The van der Waals surface area contributed by atoms with Gasteiger partial charge in [-0.15, -0.1) is 10.2 Å². The van der Waals surface area contributed by atoms with E-state index in [0.717, 1.165) is 5.56 Å². The lowest BCUT2D eigenvalue weighted by molar-refractivity contribution is -0.135. The summed E-state index contributed by atoms with van der Waals surface area (Å²) in [5, 5.41) is 8.85. The van der Waals surface area contributed by atoms with Crippen LogP contribution in [-0.4, -0.2) is 58.7 Å². The largest absolute Gasteiger partial charge is 0.484 e. The normalized spacial score (nSPS) is 14.7. The molecule has 0 aliphatic carbocycles. The van der Waals surface area contributed by atoms with Crippen molar-refractivity contribution in [2.24, 2.45) is 0 Å². The summed E-state index contributed by atoms with van der Waals surface area (Å²) in [5.41, 5.74) is 0.815. The fourth-order valence-corrected chi connectivity index (χ4v) is 3.27. The Balaban J connectivity index is 1.24. The number of hydrogen-bond donors (Lipinski definition) is 0. The summed E-state index contributed by atoms with van der Waals surface area (Å²) in [6.45, 7) is 3.02. The monoisotopic (exact) mass is 430 g/mol. The van der Waals surface area contributed by atoms with Crippen LogP contribution in [0.3, 0.4) is 0 Å². The molecular weight excluding hydrogens is 411 g/mol. The maximum absolute atomic E-state index is 12.9. The molecule has 1 fully saturated rings. The number of rotatable bonds is 6. The van der Waals surface area contributed by atoms with Crippen LogP contribution in [0.25, 0.3) is 11.5 Å². The first-order chi connectivity index (χ1) is 14.6. The number of ether oxygens (including phenoxy) is 1. The van der Waals surface area contributed by atoms with Crippen molar-refractivity contribution in [3.8, 4) is 17.2 Å². The van der Waals surface area contributed by atoms with Crippen molar-refractivity contribution in [3.63, 3.8) is 0 Å². The molecule has 1 aliphatic heterocycles. The van der Waals surface area contributed by atoms with E-state index in [1.54, 1.807) is 17.0 Å². The first kappa shape index (κ1) is 20.3. The number of carbonyl (C=O) groups excluding carboxylic acids is 1. The predicted octanol–water partition coefficient (Wildman–Crippen LogP) is 3.25. The summed E-state index contributed by atoms with van der Waals surface area (Å²) in [4.78, 5) is 16.3. The van der Waals surface area contributed by atoms with E-state index in [-0.39, 0.29) is 18.3 Å².